The van der Waals surface area contributed by atoms with Gasteiger partial charge in [-0.1, -0.05) is 0 Å². The molecule has 0 aliphatic heterocycles. The number of carbonyl (C=O) groups excluding carboxylic acids is 1. The van der Waals surface area contributed by atoms with Gasteiger partial charge >= 0.3 is 0 Å². The molecule has 0 saturated heterocycles. The summed E-state index contributed by atoms with van der Waals surface area (Å²) >= 11 is 0. The molecule has 17 heavy (non-hydrogen) atoms. The summed E-state index contributed by atoms with van der Waals surface area (Å²) in [6.07, 6.45) is 2.92. The minimum absolute atomic E-state index is 0.235. The van der Waals surface area contributed by atoms with Gasteiger partial charge in [-0.2, -0.15) is 0 Å². The Balaban J connectivity index is 2.62. The van der Waals surface area contributed by atoms with Crippen LogP contribution >= 0.6 is 0 Å². The van der Waals surface area contributed by atoms with Gasteiger partial charge in [-0.25, -0.2) is 9.97 Å². The van der Waals surface area contributed by atoms with Crippen LogP contribution in [0.2, 0.25) is 0 Å². The topological polar surface area (TPSA) is 109 Å². The molecule has 1 amide bonds. The number of rotatable bonds is 4. The summed E-state index contributed by atoms with van der Waals surface area (Å²) in [7, 11) is 0. The highest BCUT2D eigenvalue weighted by molar-refractivity contribution is 6.08. The molecule has 7 nitrogen and oxygen atoms in total. The van der Waals surface area contributed by atoms with Crippen LogP contribution in [0.3, 0.4) is 0 Å². The van der Waals surface area contributed by atoms with Gasteiger partial charge in [0.2, 0.25) is 0 Å². The van der Waals surface area contributed by atoms with Gasteiger partial charge in [0.15, 0.2) is 0 Å². The Labute approximate surface area is 97.4 Å². The van der Waals surface area contributed by atoms with E-state index in [1.165, 1.54) is 6.33 Å². The Morgan fingerprint density at radius 3 is 2.94 bits per heavy atom. The summed E-state index contributed by atoms with van der Waals surface area (Å²) in [6.45, 7) is 2.73. The highest BCUT2D eigenvalue weighted by atomic mass is 16.5. The summed E-state index contributed by atoms with van der Waals surface area (Å²) in [5.74, 6) is -0.328. The summed E-state index contributed by atoms with van der Waals surface area (Å²) in [5.41, 5.74) is 11.9. The summed E-state index contributed by atoms with van der Waals surface area (Å²) in [4.78, 5) is 19.2. The van der Waals surface area contributed by atoms with Crippen molar-refractivity contribution in [3.8, 4) is 0 Å². The van der Waals surface area contributed by atoms with Crippen molar-refractivity contribution in [2.75, 3.05) is 12.3 Å². The van der Waals surface area contributed by atoms with E-state index >= 15 is 0 Å². The third-order valence-corrected chi connectivity index (χ3v) is 2.38. The van der Waals surface area contributed by atoms with Crippen LogP contribution in [-0.4, -0.2) is 27.0 Å². The maximum absolute atomic E-state index is 11.3. The van der Waals surface area contributed by atoms with Crippen molar-refractivity contribution in [1.29, 1.82) is 0 Å². The number of fused-ring (bicyclic) bond motifs is 1. The smallest absolute Gasteiger partial charge is 0.251 e. The average molecular weight is 235 g/mol. The normalized spacial score (nSPS) is 10.9. The molecule has 0 aliphatic rings. The molecule has 2 heterocycles. The number of nitrogens with two attached hydrogens (primary N) is 2. The highest BCUT2D eigenvalue weighted by Crippen LogP contribution is 2.23. The standard InChI is InChI=1S/C10H13N5O2/c1-2-17-5-15-3-6(9(12)16)7-8(11)13-4-14-10(7)15/h3-4H,2,5H2,1H3,(H2,12,16)(H2,11,13,14). The molecule has 0 atom stereocenters. The number of anilines is 1. The average Bonchev–Trinajstić information content (AvgIpc) is 2.67. The number of nitrogen functional groups attached to an aromatic ring is 1. The van der Waals surface area contributed by atoms with E-state index in [4.69, 9.17) is 16.2 Å². The number of primary amides is 1. The van der Waals surface area contributed by atoms with Crippen LogP contribution in [0.5, 0.6) is 0 Å². The Hall–Kier alpha value is -2.15. The van der Waals surface area contributed by atoms with E-state index in [2.05, 4.69) is 9.97 Å². The molecule has 90 valence electrons. The van der Waals surface area contributed by atoms with Gasteiger partial charge in [-0.05, 0) is 6.92 Å². The van der Waals surface area contributed by atoms with Crippen LogP contribution in [0.25, 0.3) is 11.0 Å². The molecular weight excluding hydrogens is 222 g/mol. The maximum Gasteiger partial charge on any atom is 0.251 e. The van der Waals surface area contributed by atoms with Crippen LogP contribution in [0.1, 0.15) is 17.3 Å². The first-order valence-electron chi connectivity index (χ1n) is 5.12. The van der Waals surface area contributed by atoms with Crippen molar-refractivity contribution >= 4 is 22.8 Å². The minimum atomic E-state index is -0.563. The van der Waals surface area contributed by atoms with Crippen molar-refractivity contribution < 1.29 is 9.53 Å². The molecular formula is C10H13N5O2. The second-order valence-electron chi connectivity index (χ2n) is 3.46. The SMILES string of the molecule is CCOCn1cc(C(N)=O)c2c(N)ncnc21. The molecule has 0 radical (unpaired) electrons. The number of ether oxygens (including phenoxy) is 1. The van der Waals surface area contributed by atoms with E-state index in [0.29, 0.717) is 23.2 Å². The van der Waals surface area contributed by atoms with Crippen LogP contribution in [-0.2, 0) is 11.5 Å². The van der Waals surface area contributed by atoms with Crippen molar-refractivity contribution in [2.45, 2.75) is 13.7 Å². The van der Waals surface area contributed by atoms with E-state index in [1.807, 2.05) is 6.92 Å². The molecule has 4 N–H and O–H groups in total. The lowest BCUT2D eigenvalue weighted by Gasteiger charge is -2.03. The fraction of sp³-hybridized carbons (Fsp3) is 0.300. The second-order valence-corrected chi connectivity index (χ2v) is 3.46. The Kier molecular flexibility index (Phi) is 2.92. The van der Waals surface area contributed by atoms with Crippen molar-refractivity contribution in [1.82, 2.24) is 14.5 Å². The van der Waals surface area contributed by atoms with Gasteiger partial charge in [-0.3, -0.25) is 4.79 Å². The van der Waals surface area contributed by atoms with E-state index < -0.39 is 5.91 Å². The van der Waals surface area contributed by atoms with Crippen LogP contribution in [0.4, 0.5) is 5.82 Å². The number of aromatic nitrogens is 3. The van der Waals surface area contributed by atoms with Crippen LogP contribution < -0.4 is 11.5 Å². The Morgan fingerprint density at radius 1 is 1.53 bits per heavy atom. The Bertz CT molecular complexity index is 563. The van der Waals surface area contributed by atoms with Crippen LogP contribution in [0.15, 0.2) is 12.5 Å². The summed E-state index contributed by atoms with van der Waals surface area (Å²) in [5, 5.41) is 0.472. The highest BCUT2D eigenvalue weighted by Gasteiger charge is 2.16. The number of nitrogens with zero attached hydrogens (tertiary/aromatic N) is 3. The predicted molar refractivity (Wildman–Crippen MR) is 62.1 cm³/mol. The molecule has 0 spiro atoms. The molecule has 0 aliphatic carbocycles. The second kappa shape index (κ2) is 4.38. The molecule has 2 aromatic heterocycles. The zero-order chi connectivity index (χ0) is 12.4. The molecule has 0 bridgehead atoms. The van der Waals surface area contributed by atoms with Crippen molar-refractivity contribution in [3.63, 3.8) is 0 Å². The third kappa shape index (κ3) is 1.92. The first-order valence-corrected chi connectivity index (χ1v) is 5.12. The summed E-state index contributed by atoms with van der Waals surface area (Å²) in [6, 6.07) is 0. The van der Waals surface area contributed by atoms with Gasteiger partial charge in [0.05, 0.1) is 10.9 Å². The van der Waals surface area contributed by atoms with Crippen molar-refractivity contribution in [3.05, 3.63) is 18.1 Å². The molecule has 2 aromatic rings. The zero-order valence-corrected chi connectivity index (χ0v) is 9.38. The van der Waals surface area contributed by atoms with Gasteiger partial charge in [0.25, 0.3) is 5.91 Å². The quantitative estimate of drug-likeness (QED) is 0.781. The van der Waals surface area contributed by atoms with Gasteiger partial charge in [-0.15, -0.1) is 0 Å². The van der Waals surface area contributed by atoms with E-state index in [-0.39, 0.29) is 12.5 Å². The van der Waals surface area contributed by atoms with Gasteiger partial charge in [0.1, 0.15) is 24.5 Å². The fourth-order valence-corrected chi connectivity index (χ4v) is 1.62. The lowest BCUT2D eigenvalue weighted by Crippen LogP contribution is -2.11. The Morgan fingerprint density at radius 2 is 2.29 bits per heavy atom. The monoisotopic (exact) mass is 235 g/mol. The first-order chi connectivity index (χ1) is 8.15. The lowest BCUT2D eigenvalue weighted by molar-refractivity contribution is 0.0901. The van der Waals surface area contributed by atoms with E-state index in [1.54, 1.807) is 10.8 Å². The number of carbonyl (C=O) groups is 1. The van der Waals surface area contributed by atoms with E-state index in [9.17, 15) is 4.79 Å². The first kappa shape index (κ1) is 11.3. The zero-order valence-electron chi connectivity index (χ0n) is 9.38. The largest absolute Gasteiger partial charge is 0.383 e. The van der Waals surface area contributed by atoms with Crippen LogP contribution in [0, 0.1) is 0 Å². The molecule has 0 fully saturated rings. The van der Waals surface area contributed by atoms with Gasteiger partial charge in [0, 0.05) is 12.8 Å². The molecule has 0 saturated carbocycles. The molecule has 2 rings (SSSR count). The number of hydrogen-bond donors (Lipinski definition) is 2. The number of hydrogen-bond acceptors (Lipinski definition) is 5. The van der Waals surface area contributed by atoms with Gasteiger partial charge < -0.3 is 20.8 Å². The fourth-order valence-electron chi connectivity index (χ4n) is 1.62. The van der Waals surface area contributed by atoms with E-state index in [0.717, 1.165) is 0 Å². The maximum atomic E-state index is 11.3. The minimum Gasteiger partial charge on any atom is -0.383 e. The van der Waals surface area contributed by atoms with Crippen molar-refractivity contribution in [2.24, 2.45) is 5.73 Å². The predicted octanol–water partition coefficient (Wildman–Crippen LogP) is 0.106. The number of amides is 1. The summed E-state index contributed by atoms with van der Waals surface area (Å²) < 4.78 is 6.95. The third-order valence-electron chi connectivity index (χ3n) is 2.38. The molecule has 7 heteroatoms. The molecule has 0 unspecified atom stereocenters. The lowest BCUT2D eigenvalue weighted by atomic mass is 10.2. The molecule has 0 aromatic carbocycles.